The number of morpholine rings is 1. The van der Waals surface area contributed by atoms with Gasteiger partial charge in [-0.25, -0.2) is 9.97 Å². The maximum atomic E-state index is 5.77. The van der Waals surface area contributed by atoms with Crippen molar-refractivity contribution in [1.82, 2.24) is 24.6 Å². The van der Waals surface area contributed by atoms with Crippen LogP contribution >= 0.6 is 11.3 Å². The number of anilines is 2. The minimum absolute atomic E-state index is 0.275. The zero-order valence-corrected chi connectivity index (χ0v) is 19.2. The molecule has 170 valence electrons. The summed E-state index contributed by atoms with van der Waals surface area (Å²) in [6.45, 7) is 5.86. The summed E-state index contributed by atoms with van der Waals surface area (Å²) in [5.74, 6) is 1.81. The van der Waals surface area contributed by atoms with E-state index in [-0.39, 0.29) is 6.10 Å². The molecular formula is C23H30N6O2S. The Kier molecular flexibility index (Phi) is 5.81. The highest BCUT2D eigenvalue weighted by molar-refractivity contribution is 7.19. The lowest BCUT2D eigenvalue weighted by atomic mass is 9.97. The molecular weight excluding hydrogens is 424 g/mol. The highest BCUT2D eigenvalue weighted by Crippen LogP contribution is 2.39. The van der Waals surface area contributed by atoms with E-state index < -0.39 is 0 Å². The molecule has 3 aromatic rings. The number of thiophene rings is 1. The van der Waals surface area contributed by atoms with Gasteiger partial charge >= 0.3 is 0 Å². The first-order chi connectivity index (χ1) is 15.8. The first kappa shape index (κ1) is 20.5. The van der Waals surface area contributed by atoms with Crippen LogP contribution in [0, 0.1) is 0 Å². The molecule has 2 aliphatic heterocycles. The van der Waals surface area contributed by atoms with Crippen molar-refractivity contribution in [2.24, 2.45) is 0 Å². The Hall–Kier alpha value is -2.07. The third-order valence-electron chi connectivity index (χ3n) is 6.64. The molecule has 0 amide bonds. The maximum absolute atomic E-state index is 5.77. The van der Waals surface area contributed by atoms with Crippen LogP contribution in [-0.4, -0.2) is 63.7 Å². The van der Waals surface area contributed by atoms with Crippen molar-refractivity contribution in [3.05, 3.63) is 28.7 Å². The maximum Gasteiger partial charge on any atom is 0.146 e. The van der Waals surface area contributed by atoms with Gasteiger partial charge in [0.2, 0.25) is 0 Å². The van der Waals surface area contributed by atoms with Crippen molar-refractivity contribution in [2.75, 3.05) is 38.2 Å². The molecule has 9 heteroatoms. The normalized spacial score (nSPS) is 21.8. The molecule has 1 atom stereocenters. The topological polar surface area (TPSA) is 77.3 Å². The van der Waals surface area contributed by atoms with Crippen LogP contribution in [0.4, 0.5) is 11.5 Å². The smallest absolute Gasteiger partial charge is 0.146 e. The third kappa shape index (κ3) is 4.26. The van der Waals surface area contributed by atoms with E-state index in [1.54, 1.807) is 0 Å². The molecule has 1 unspecified atom stereocenters. The highest BCUT2D eigenvalue weighted by atomic mass is 32.1. The molecule has 3 aliphatic rings. The van der Waals surface area contributed by atoms with Gasteiger partial charge in [-0.1, -0.05) is 0 Å². The predicted molar refractivity (Wildman–Crippen MR) is 125 cm³/mol. The molecule has 3 aromatic heterocycles. The number of nitrogens with zero attached hydrogens (tertiary/aromatic N) is 5. The molecule has 6 rings (SSSR count). The molecule has 0 aromatic carbocycles. The van der Waals surface area contributed by atoms with E-state index in [1.165, 1.54) is 28.7 Å². The minimum Gasteiger partial charge on any atom is -0.379 e. The molecule has 0 radical (unpaired) electrons. The highest BCUT2D eigenvalue weighted by Gasteiger charge is 2.23. The molecule has 2 saturated heterocycles. The van der Waals surface area contributed by atoms with Crippen LogP contribution in [0.3, 0.4) is 0 Å². The van der Waals surface area contributed by atoms with Crippen LogP contribution in [0.5, 0.6) is 0 Å². The fourth-order valence-corrected chi connectivity index (χ4v) is 6.26. The van der Waals surface area contributed by atoms with Gasteiger partial charge in [0.15, 0.2) is 0 Å². The van der Waals surface area contributed by atoms with Gasteiger partial charge in [0.1, 0.15) is 16.5 Å². The summed E-state index contributed by atoms with van der Waals surface area (Å²) in [5, 5.41) is 9.36. The Morgan fingerprint density at radius 3 is 2.88 bits per heavy atom. The van der Waals surface area contributed by atoms with E-state index in [9.17, 15) is 0 Å². The fourth-order valence-electron chi connectivity index (χ4n) is 4.98. The number of hydrogen-bond acceptors (Lipinski definition) is 8. The molecule has 0 bridgehead atoms. The Labute approximate surface area is 191 Å². The zero-order valence-electron chi connectivity index (χ0n) is 18.4. The summed E-state index contributed by atoms with van der Waals surface area (Å²) in [7, 11) is 0. The van der Waals surface area contributed by atoms with E-state index in [4.69, 9.17) is 19.4 Å². The van der Waals surface area contributed by atoms with Gasteiger partial charge in [-0.2, -0.15) is 5.10 Å². The van der Waals surface area contributed by atoms with Crippen molar-refractivity contribution >= 4 is 33.1 Å². The Morgan fingerprint density at radius 1 is 1.09 bits per heavy atom. The van der Waals surface area contributed by atoms with Gasteiger partial charge in [-0.05, 0) is 44.1 Å². The van der Waals surface area contributed by atoms with Crippen LogP contribution < -0.4 is 5.32 Å². The van der Waals surface area contributed by atoms with Crippen LogP contribution in [-0.2, 0) is 35.4 Å². The predicted octanol–water partition coefficient (Wildman–Crippen LogP) is 3.52. The van der Waals surface area contributed by atoms with Gasteiger partial charge in [0.05, 0.1) is 49.7 Å². The quantitative estimate of drug-likeness (QED) is 0.611. The molecule has 0 saturated carbocycles. The lowest BCUT2D eigenvalue weighted by Crippen LogP contribution is -2.36. The number of hydrogen-bond donors (Lipinski definition) is 1. The summed E-state index contributed by atoms with van der Waals surface area (Å²) in [6, 6.07) is 0. The molecule has 32 heavy (non-hydrogen) atoms. The Bertz CT molecular complexity index is 1080. The van der Waals surface area contributed by atoms with Crippen molar-refractivity contribution in [3.8, 4) is 0 Å². The van der Waals surface area contributed by atoms with Gasteiger partial charge in [-0.15, -0.1) is 11.3 Å². The van der Waals surface area contributed by atoms with Crippen molar-refractivity contribution < 1.29 is 9.47 Å². The standard InChI is InChI=1S/C23H30N6O2S/c1-2-6-19-18(5-1)21-22(25-16-12-24-29(13-16)14-17-4-3-9-31-17)26-20(27-23(21)32-19)15-28-7-10-30-11-8-28/h12-13,17H,1-11,14-15H2,(H,25,26,27). The number of rotatable bonds is 6. The first-order valence-electron chi connectivity index (χ1n) is 11.8. The van der Waals surface area contributed by atoms with E-state index in [0.717, 1.165) is 93.8 Å². The SMILES string of the molecule is c1nn(CC2CCCO2)cc1Nc1nc(CN2CCOCC2)nc2sc3c(c12)CCCC3. The molecule has 8 nitrogen and oxygen atoms in total. The van der Waals surface area contributed by atoms with Gasteiger partial charge in [-0.3, -0.25) is 9.58 Å². The fraction of sp³-hybridized carbons (Fsp3) is 0.609. The lowest BCUT2D eigenvalue weighted by Gasteiger charge is -2.25. The van der Waals surface area contributed by atoms with Gasteiger partial charge < -0.3 is 14.8 Å². The molecule has 5 heterocycles. The third-order valence-corrected chi connectivity index (χ3v) is 7.83. The van der Waals surface area contributed by atoms with E-state index in [1.807, 2.05) is 22.2 Å². The van der Waals surface area contributed by atoms with Crippen LogP contribution in [0.15, 0.2) is 12.4 Å². The minimum atomic E-state index is 0.275. The summed E-state index contributed by atoms with van der Waals surface area (Å²) in [5.41, 5.74) is 2.42. The van der Waals surface area contributed by atoms with Crippen molar-refractivity contribution in [3.63, 3.8) is 0 Å². The van der Waals surface area contributed by atoms with Crippen molar-refractivity contribution in [1.29, 1.82) is 0 Å². The molecule has 2 fully saturated rings. The first-order valence-corrected chi connectivity index (χ1v) is 12.7. The molecule has 1 aliphatic carbocycles. The summed E-state index contributed by atoms with van der Waals surface area (Å²) in [4.78, 5) is 15.0. The Morgan fingerprint density at radius 2 is 2.00 bits per heavy atom. The van der Waals surface area contributed by atoms with Crippen LogP contribution in [0.25, 0.3) is 10.2 Å². The summed E-state index contributed by atoms with van der Waals surface area (Å²) >= 11 is 1.86. The monoisotopic (exact) mass is 454 g/mol. The Balaban J connectivity index is 1.30. The lowest BCUT2D eigenvalue weighted by molar-refractivity contribution is 0.0331. The number of aromatic nitrogens is 4. The van der Waals surface area contributed by atoms with E-state index in [2.05, 4.69) is 21.5 Å². The van der Waals surface area contributed by atoms with Crippen LogP contribution in [0.1, 0.15) is 41.9 Å². The number of aryl methyl sites for hydroxylation is 2. The average Bonchev–Trinajstić information content (AvgIpc) is 3.55. The van der Waals surface area contributed by atoms with E-state index >= 15 is 0 Å². The van der Waals surface area contributed by atoms with Gasteiger partial charge in [0.25, 0.3) is 0 Å². The second kappa shape index (κ2) is 9.05. The summed E-state index contributed by atoms with van der Waals surface area (Å²) in [6.07, 6.45) is 11.3. The number of nitrogens with one attached hydrogen (secondary N) is 1. The second-order valence-electron chi connectivity index (χ2n) is 8.98. The average molecular weight is 455 g/mol. The zero-order chi connectivity index (χ0) is 21.3. The van der Waals surface area contributed by atoms with Crippen molar-refractivity contribution in [2.45, 2.75) is 57.7 Å². The van der Waals surface area contributed by atoms with E-state index in [0.29, 0.717) is 0 Å². The largest absolute Gasteiger partial charge is 0.379 e. The van der Waals surface area contributed by atoms with Crippen LogP contribution in [0.2, 0.25) is 0 Å². The van der Waals surface area contributed by atoms with Gasteiger partial charge in [0, 0.05) is 30.8 Å². The molecule has 1 N–H and O–H groups in total. The molecule has 0 spiro atoms. The second-order valence-corrected chi connectivity index (χ2v) is 10.1. The number of fused-ring (bicyclic) bond motifs is 3. The number of ether oxygens (including phenoxy) is 2. The summed E-state index contributed by atoms with van der Waals surface area (Å²) < 4.78 is 13.3.